The van der Waals surface area contributed by atoms with Gasteiger partial charge in [0.05, 0.1) is 17.2 Å². The highest BCUT2D eigenvalue weighted by Crippen LogP contribution is 2.37. The van der Waals surface area contributed by atoms with Crippen LogP contribution in [0, 0.1) is 0 Å². The molecular formula is C24H21N5O6. The van der Waals surface area contributed by atoms with Crippen molar-refractivity contribution in [2.24, 2.45) is 0 Å². The van der Waals surface area contributed by atoms with Crippen LogP contribution in [-0.2, 0) is 0 Å². The molecule has 0 bridgehead atoms. The van der Waals surface area contributed by atoms with Gasteiger partial charge in [0, 0.05) is 25.4 Å². The fraction of sp³-hybridized carbons (Fsp3) is 0.208. The van der Waals surface area contributed by atoms with Crippen molar-refractivity contribution in [1.29, 1.82) is 0 Å². The van der Waals surface area contributed by atoms with Gasteiger partial charge in [0.25, 0.3) is 0 Å². The predicted molar refractivity (Wildman–Crippen MR) is 126 cm³/mol. The van der Waals surface area contributed by atoms with Crippen LogP contribution in [0.15, 0.2) is 59.5 Å². The van der Waals surface area contributed by atoms with Gasteiger partial charge in [-0.05, 0) is 48.9 Å². The maximum absolute atomic E-state index is 13.6. The first-order valence-corrected chi connectivity index (χ1v) is 11.0. The quantitative estimate of drug-likeness (QED) is 0.460. The van der Waals surface area contributed by atoms with E-state index < -0.39 is 6.09 Å². The fourth-order valence-corrected chi connectivity index (χ4v) is 4.65. The lowest BCUT2D eigenvalue weighted by Gasteiger charge is -2.13. The van der Waals surface area contributed by atoms with Gasteiger partial charge >= 0.3 is 11.8 Å². The Bertz CT molecular complexity index is 1510. The Hall–Kier alpha value is -4.67. The number of imidazole rings is 1. The number of hydrogen-bond acceptors (Lipinski definition) is 7. The molecule has 1 amide bonds. The Kier molecular flexibility index (Phi) is 4.76. The number of nitrogens with zero attached hydrogens (tertiary/aromatic N) is 4. The van der Waals surface area contributed by atoms with Gasteiger partial charge in [-0.1, -0.05) is 0 Å². The summed E-state index contributed by atoms with van der Waals surface area (Å²) in [5, 5.41) is 9.34. The molecule has 1 unspecified atom stereocenters. The number of pyridine rings is 1. The summed E-state index contributed by atoms with van der Waals surface area (Å²) in [6.07, 6.45) is 1.09. The number of amides is 1. The van der Waals surface area contributed by atoms with E-state index in [4.69, 9.17) is 19.9 Å². The number of anilines is 1. The fourth-order valence-electron chi connectivity index (χ4n) is 4.65. The lowest BCUT2D eigenvalue weighted by atomic mass is 10.2. The van der Waals surface area contributed by atoms with Crippen LogP contribution in [0.5, 0.6) is 23.0 Å². The van der Waals surface area contributed by atoms with Crippen LogP contribution in [0.3, 0.4) is 0 Å². The molecule has 178 valence electrons. The molecule has 1 saturated heterocycles. The Morgan fingerprint density at radius 1 is 1.09 bits per heavy atom. The van der Waals surface area contributed by atoms with Crippen LogP contribution in [0.25, 0.3) is 16.7 Å². The minimum Gasteiger partial charge on any atom is -0.465 e. The van der Waals surface area contributed by atoms with Gasteiger partial charge in [-0.3, -0.25) is 9.13 Å². The van der Waals surface area contributed by atoms with Crippen LogP contribution in [0.2, 0.25) is 0 Å². The van der Waals surface area contributed by atoms with Crippen molar-refractivity contribution in [2.75, 3.05) is 25.6 Å². The second kappa shape index (κ2) is 7.97. The van der Waals surface area contributed by atoms with Gasteiger partial charge in [-0.25, -0.2) is 14.6 Å². The van der Waals surface area contributed by atoms with Gasteiger partial charge in [-0.2, -0.15) is 0 Å². The highest BCUT2D eigenvalue weighted by atomic mass is 16.7. The van der Waals surface area contributed by atoms with Crippen molar-refractivity contribution in [3.05, 3.63) is 65.2 Å². The molecule has 0 saturated carbocycles. The van der Waals surface area contributed by atoms with E-state index in [2.05, 4.69) is 4.98 Å². The summed E-state index contributed by atoms with van der Waals surface area (Å²) in [5.74, 6) is 2.67. The summed E-state index contributed by atoms with van der Waals surface area (Å²) in [7, 11) is 0. The predicted octanol–water partition coefficient (Wildman–Crippen LogP) is 3.22. The number of likely N-dealkylation sites (tertiary alicyclic amines) is 1. The Morgan fingerprint density at radius 2 is 1.86 bits per heavy atom. The molecule has 2 aromatic heterocycles. The van der Waals surface area contributed by atoms with E-state index in [-0.39, 0.29) is 30.9 Å². The Labute approximate surface area is 198 Å². The minimum absolute atomic E-state index is 0.184. The first kappa shape index (κ1) is 20.9. The number of benzene rings is 2. The van der Waals surface area contributed by atoms with Crippen molar-refractivity contribution in [3.8, 4) is 28.7 Å². The maximum atomic E-state index is 13.6. The maximum Gasteiger partial charge on any atom is 0.407 e. The zero-order chi connectivity index (χ0) is 24.1. The van der Waals surface area contributed by atoms with E-state index in [1.54, 1.807) is 59.3 Å². The summed E-state index contributed by atoms with van der Waals surface area (Å²) in [4.78, 5) is 30.5. The molecule has 1 atom stereocenters. The van der Waals surface area contributed by atoms with Crippen molar-refractivity contribution in [2.45, 2.75) is 12.5 Å². The van der Waals surface area contributed by atoms with Crippen molar-refractivity contribution >= 4 is 22.9 Å². The number of aromatic nitrogens is 3. The molecule has 0 radical (unpaired) electrons. The normalized spacial score (nSPS) is 16.7. The zero-order valence-corrected chi connectivity index (χ0v) is 18.5. The summed E-state index contributed by atoms with van der Waals surface area (Å²) >= 11 is 0. The summed E-state index contributed by atoms with van der Waals surface area (Å²) in [5.41, 5.74) is 7.57. The lowest BCUT2D eigenvalue weighted by molar-refractivity contribution is 0.154. The number of carboxylic acid groups (broad SMARTS) is 1. The second-order valence-electron chi connectivity index (χ2n) is 8.33. The van der Waals surface area contributed by atoms with E-state index >= 15 is 0 Å². The number of nitrogen functional groups attached to an aromatic ring is 1. The summed E-state index contributed by atoms with van der Waals surface area (Å²) in [6.45, 7) is 0.785. The molecule has 6 rings (SSSR count). The van der Waals surface area contributed by atoms with Crippen LogP contribution in [0.1, 0.15) is 12.5 Å². The van der Waals surface area contributed by atoms with E-state index in [0.717, 1.165) is 0 Å². The average molecular weight is 475 g/mol. The first-order valence-electron chi connectivity index (χ1n) is 11.0. The van der Waals surface area contributed by atoms with Crippen molar-refractivity contribution in [3.63, 3.8) is 0 Å². The smallest absolute Gasteiger partial charge is 0.407 e. The van der Waals surface area contributed by atoms with Crippen molar-refractivity contribution in [1.82, 2.24) is 19.0 Å². The van der Waals surface area contributed by atoms with Gasteiger partial charge in [-0.15, -0.1) is 0 Å². The highest BCUT2D eigenvalue weighted by Gasteiger charge is 2.31. The molecule has 11 heteroatoms. The second-order valence-corrected chi connectivity index (χ2v) is 8.33. The molecule has 2 aliphatic heterocycles. The minimum atomic E-state index is -0.997. The first-order chi connectivity index (χ1) is 17.0. The Balaban J connectivity index is 1.36. The van der Waals surface area contributed by atoms with Gasteiger partial charge in [0.15, 0.2) is 11.5 Å². The van der Waals surface area contributed by atoms with Crippen LogP contribution in [0.4, 0.5) is 10.6 Å². The highest BCUT2D eigenvalue weighted by molar-refractivity contribution is 5.87. The number of hydrogen-bond donors (Lipinski definition) is 2. The lowest BCUT2D eigenvalue weighted by Crippen LogP contribution is -2.31. The average Bonchev–Trinajstić information content (AvgIpc) is 3.57. The number of ether oxygens (including phenoxy) is 3. The van der Waals surface area contributed by atoms with Gasteiger partial charge < -0.3 is 30.0 Å². The number of nitrogens with two attached hydrogens (primary N) is 1. The van der Waals surface area contributed by atoms with E-state index in [1.807, 2.05) is 0 Å². The topological polar surface area (TPSA) is 134 Å². The molecule has 1 fully saturated rings. The third-order valence-electron chi connectivity index (χ3n) is 6.29. The molecule has 4 heterocycles. The number of carbonyl (C=O) groups is 1. The van der Waals surface area contributed by atoms with Crippen LogP contribution < -0.4 is 25.6 Å². The SMILES string of the molecule is Nc1nccc2c1n(-c1ccc(Oc3ccc4c(c3)OCO4)cc1)c(=O)n2C1CCN(C(=O)O)C1. The van der Waals surface area contributed by atoms with Crippen LogP contribution in [-0.4, -0.2) is 50.1 Å². The monoisotopic (exact) mass is 475 g/mol. The van der Waals surface area contributed by atoms with Gasteiger partial charge in [0.2, 0.25) is 6.79 Å². The molecule has 3 N–H and O–H groups in total. The van der Waals surface area contributed by atoms with Crippen LogP contribution >= 0.6 is 0 Å². The van der Waals surface area contributed by atoms with Gasteiger partial charge in [0.1, 0.15) is 22.8 Å². The third-order valence-corrected chi connectivity index (χ3v) is 6.29. The zero-order valence-electron chi connectivity index (χ0n) is 18.5. The summed E-state index contributed by atoms with van der Waals surface area (Å²) in [6, 6.07) is 13.8. The molecule has 2 aliphatic rings. The largest absolute Gasteiger partial charge is 0.465 e. The van der Waals surface area contributed by atoms with E-state index in [1.165, 1.54) is 9.47 Å². The van der Waals surface area contributed by atoms with Crippen molar-refractivity contribution < 1.29 is 24.1 Å². The third kappa shape index (κ3) is 3.48. The van der Waals surface area contributed by atoms with E-state index in [9.17, 15) is 14.7 Å². The molecular weight excluding hydrogens is 454 g/mol. The molecule has 0 spiro atoms. The molecule has 35 heavy (non-hydrogen) atoms. The Morgan fingerprint density at radius 3 is 2.63 bits per heavy atom. The summed E-state index contributed by atoms with van der Waals surface area (Å²) < 4.78 is 19.8. The molecule has 4 aromatic rings. The molecule has 0 aliphatic carbocycles. The number of rotatable bonds is 4. The standard InChI is InChI=1S/C24H21N5O6/c25-22-21-18(7-9-26-22)28(15-8-10-27(12-15)24(31)32)23(30)29(21)14-1-3-16(4-2-14)35-17-5-6-19-20(11-17)34-13-33-19/h1-7,9,11,15H,8,10,12-13H2,(H2,25,26)(H,31,32). The molecule has 2 aromatic carbocycles. The van der Waals surface area contributed by atoms with E-state index in [0.29, 0.717) is 52.7 Å². The number of fused-ring (bicyclic) bond motifs is 2. The molecule has 11 nitrogen and oxygen atoms in total.